The SMILES string of the molecule is CC(C)(C)Cc1ncc(Br)c(Cl)n1. The van der Waals surface area contributed by atoms with E-state index in [1.54, 1.807) is 6.20 Å². The van der Waals surface area contributed by atoms with Crippen LogP contribution in [0.25, 0.3) is 0 Å². The number of hydrogen-bond donors (Lipinski definition) is 0. The van der Waals surface area contributed by atoms with Crippen LogP contribution in [0, 0.1) is 5.41 Å². The van der Waals surface area contributed by atoms with E-state index in [0.29, 0.717) is 5.15 Å². The second-order valence-electron chi connectivity index (χ2n) is 4.16. The summed E-state index contributed by atoms with van der Waals surface area (Å²) >= 11 is 9.10. The third-order valence-corrected chi connectivity index (χ3v) is 2.54. The number of rotatable bonds is 1. The van der Waals surface area contributed by atoms with Gasteiger partial charge in [-0.3, -0.25) is 0 Å². The first-order valence-electron chi connectivity index (χ1n) is 4.05. The van der Waals surface area contributed by atoms with Crippen molar-refractivity contribution in [2.45, 2.75) is 27.2 Å². The molecule has 4 heteroatoms. The molecule has 1 aromatic heterocycles. The Morgan fingerprint density at radius 1 is 1.46 bits per heavy atom. The van der Waals surface area contributed by atoms with Crippen LogP contribution in [0.4, 0.5) is 0 Å². The van der Waals surface area contributed by atoms with E-state index >= 15 is 0 Å². The zero-order valence-electron chi connectivity index (χ0n) is 7.93. The van der Waals surface area contributed by atoms with Gasteiger partial charge in [-0.05, 0) is 21.3 Å². The Labute approximate surface area is 91.9 Å². The lowest BCUT2D eigenvalue weighted by Crippen LogP contribution is -2.11. The van der Waals surface area contributed by atoms with Gasteiger partial charge in [-0.15, -0.1) is 0 Å². The van der Waals surface area contributed by atoms with Gasteiger partial charge in [-0.2, -0.15) is 0 Å². The van der Waals surface area contributed by atoms with E-state index < -0.39 is 0 Å². The standard InChI is InChI=1S/C9H12BrClN2/c1-9(2,3)4-7-12-5-6(10)8(11)13-7/h5H,4H2,1-3H3. The van der Waals surface area contributed by atoms with Crippen LogP contribution < -0.4 is 0 Å². The molecule has 72 valence electrons. The van der Waals surface area contributed by atoms with E-state index in [4.69, 9.17) is 11.6 Å². The van der Waals surface area contributed by atoms with Gasteiger partial charge in [0, 0.05) is 12.6 Å². The summed E-state index contributed by atoms with van der Waals surface area (Å²) < 4.78 is 0.742. The molecular formula is C9H12BrClN2. The molecule has 0 unspecified atom stereocenters. The molecule has 0 spiro atoms. The average molecular weight is 264 g/mol. The Balaban J connectivity index is 2.86. The zero-order chi connectivity index (χ0) is 10.1. The van der Waals surface area contributed by atoms with E-state index in [2.05, 4.69) is 46.7 Å². The third kappa shape index (κ3) is 3.61. The quantitative estimate of drug-likeness (QED) is 0.725. The molecule has 0 aliphatic rings. The van der Waals surface area contributed by atoms with Gasteiger partial charge in [0.1, 0.15) is 11.0 Å². The predicted octanol–water partition coefficient (Wildman–Crippen LogP) is 3.48. The Morgan fingerprint density at radius 3 is 2.54 bits per heavy atom. The minimum Gasteiger partial charge on any atom is -0.240 e. The van der Waals surface area contributed by atoms with Gasteiger partial charge in [0.25, 0.3) is 0 Å². The topological polar surface area (TPSA) is 25.8 Å². The summed E-state index contributed by atoms with van der Waals surface area (Å²) in [5, 5.41) is 0.481. The molecule has 1 heterocycles. The van der Waals surface area contributed by atoms with Gasteiger partial charge in [0.2, 0.25) is 0 Å². The highest BCUT2D eigenvalue weighted by Gasteiger charge is 2.14. The summed E-state index contributed by atoms with van der Waals surface area (Å²) in [4.78, 5) is 8.35. The fourth-order valence-electron chi connectivity index (χ4n) is 0.940. The number of nitrogens with zero attached hydrogens (tertiary/aromatic N) is 2. The highest BCUT2D eigenvalue weighted by molar-refractivity contribution is 9.10. The monoisotopic (exact) mass is 262 g/mol. The summed E-state index contributed by atoms with van der Waals surface area (Å²) in [6.45, 7) is 6.44. The lowest BCUT2D eigenvalue weighted by molar-refractivity contribution is 0.400. The fourth-order valence-corrected chi connectivity index (χ4v) is 1.28. The maximum atomic E-state index is 5.84. The lowest BCUT2D eigenvalue weighted by atomic mass is 9.92. The maximum Gasteiger partial charge on any atom is 0.146 e. The maximum absolute atomic E-state index is 5.84. The first-order chi connectivity index (χ1) is 5.88. The van der Waals surface area contributed by atoms with E-state index in [0.717, 1.165) is 16.7 Å². The van der Waals surface area contributed by atoms with Gasteiger partial charge < -0.3 is 0 Å². The van der Waals surface area contributed by atoms with Crippen LogP contribution in [-0.4, -0.2) is 9.97 Å². The van der Waals surface area contributed by atoms with Crippen molar-refractivity contribution in [2.75, 3.05) is 0 Å². The normalized spacial score (nSPS) is 11.8. The van der Waals surface area contributed by atoms with Crippen molar-refractivity contribution in [1.29, 1.82) is 0 Å². The Bertz CT molecular complexity index is 307. The molecule has 0 fully saturated rings. The minimum atomic E-state index is 0.192. The summed E-state index contributed by atoms with van der Waals surface area (Å²) in [5.41, 5.74) is 0.192. The largest absolute Gasteiger partial charge is 0.240 e. The van der Waals surface area contributed by atoms with E-state index in [9.17, 15) is 0 Å². The minimum absolute atomic E-state index is 0.192. The first-order valence-corrected chi connectivity index (χ1v) is 5.22. The summed E-state index contributed by atoms with van der Waals surface area (Å²) in [7, 11) is 0. The summed E-state index contributed by atoms with van der Waals surface area (Å²) in [6, 6.07) is 0. The highest BCUT2D eigenvalue weighted by Crippen LogP contribution is 2.22. The summed E-state index contributed by atoms with van der Waals surface area (Å²) in [6.07, 6.45) is 2.52. The van der Waals surface area contributed by atoms with Crippen LogP contribution in [-0.2, 0) is 6.42 Å². The molecule has 1 aromatic rings. The van der Waals surface area contributed by atoms with E-state index in [-0.39, 0.29) is 5.41 Å². The molecular weight excluding hydrogens is 251 g/mol. The van der Waals surface area contributed by atoms with Crippen LogP contribution in [0.1, 0.15) is 26.6 Å². The predicted molar refractivity (Wildman–Crippen MR) is 57.9 cm³/mol. The second-order valence-corrected chi connectivity index (χ2v) is 5.37. The first kappa shape index (κ1) is 10.9. The van der Waals surface area contributed by atoms with Crippen LogP contribution in [0.15, 0.2) is 10.7 Å². The molecule has 1 rings (SSSR count). The van der Waals surface area contributed by atoms with Crippen molar-refractivity contribution < 1.29 is 0 Å². The van der Waals surface area contributed by atoms with Gasteiger partial charge >= 0.3 is 0 Å². The van der Waals surface area contributed by atoms with Crippen molar-refractivity contribution in [3.63, 3.8) is 0 Å². The van der Waals surface area contributed by atoms with Crippen LogP contribution in [0.3, 0.4) is 0 Å². The number of hydrogen-bond acceptors (Lipinski definition) is 2. The number of aromatic nitrogens is 2. The van der Waals surface area contributed by atoms with Gasteiger partial charge in [-0.1, -0.05) is 32.4 Å². The Kier molecular flexibility index (Phi) is 3.30. The molecule has 0 aliphatic carbocycles. The second kappa shape index (κ2) is 3.93. The smallest absolute Gasteiger partial charge is 0.146 e. The molecule has 2 nitrogen and oxygen atoms in total. The van der Waals surface area contributed by atoms with Crippen molar-refractivity contribution in [2.24, 2.45) is 5.41 Å². The van der Waals surface area contributed by atoms with Crippen molar-refractivity contribution in [3.8, 4) is 0 Å². The Morgan fingerprint density at radius 2 is 2.08 bits per heavy atom. The van der Waals surface area contributed by atoms with Crippen molar-refractivity contribution in [1.82, 2.24) is 9.97 Å². The molecule has 0 saturated carbocycles. The van der Waals surface area contributed by atoms with Crippen LogP contribution in [0.5, 0.6) is 0 Å². The van der Waals surface area contributed by atoms with Crippen LogP contribution in [0.2, 0.25) is 5.15 Å². The fraction of sp³-hybridized carbons (Fsp3) is 0.556. The third-order valence-electron chi connectivity index (χ3n) is 1.44. The lowest BCUT2D eigenvalue weighted by Gasteiger charge is -2.16. The van der Waals surface area contributed by atoms with Crippen molar-refractivity contribution >= 4 is 27.5 Å². The molecule has 0 N–H and O–H groups in total. The highest BCUT2D eigenvalue weighted by atomic mass is 79.9. The average Bonchev–Trinajstić information content (AvgIpc) is 1.94. The number of halogens is 2. The van der Waals surface area contributed by atoms with E-state index in [1.165, 1.54) is 0 Å². The van der Waals surface area contributed by atoms with E-state index in [1.807, 2.05) is 0 Å². The molecule has 0 saturated heterocycles. The summed E-state index contributed by atoms with van der Waals surface area (Å²) in [5.74, 6) is 0.792. The molecule has 0 aromatic carbocycles. The molecule has 13 heavy (non-hydrogen) atoms. The Hall–Kier alpha value is -0.150. The van der Waals surface area contributed by atoms with Gasteiger partial charge in [0.05, 0.1) is 4.47 Å². The molecule has 0 bridgehead atoms. The van der Waals surface area contributed by atoms with Crippen molar-refractivity contribution in [3.05, 3.63) is 21.6 Å². The molecule has 0 atom stereocenters. The molecule has 0 radical (unpaired) electrons. The van der Waals surface area contributed by atoms with Crippen LogP contribution >= 0.6 is 27.5 Å². The van der Waals surface area contributed by atoms with Gasteiger partial charge in [0.15, 0.2) is 0 Å². The zero-order valence-corrected chi connectivity index (χ0v) is 10.3. The molecule has 0 aliphatic heterocycles. The van der Waals surface area contributed by atoms with Gasteiger partial charge in [-0.25, -0.2) is 9.97 Å². The molecule has 0 amide bonds.